The largest absolute Gasteiger partial charge is 0.354 e. The van der Waals surface area contributed by atoms with Crippen LogP contribution in [-0.4, -0.2) is 83.0 Å². The van der Waals surface area contributed by atoms with Crippen molar-refractivity contribution < 1.29 is 4.79 Å². The average molecular weight is 448 g/mol. The van der Waals surface area contributed by atoms with Crippen molar-refractivity contribution in [2.24, 2.45) is 0 Å². The molecule has 174 valence electrons. The third kappa shape index (κ3) is 5.17. The Balaban J connectivity index is 1.27. The third-order valence-corrected chi connectivity index (χ3v) is 6.58. The zero-order valence-corrected chi connectivity index (χ0v) is 19.5. The molecule has 1 aromatic carbocycles. The van der Waals surface area contributed by atoms with Crippen LogP contribution in [0.1, 0.15) is 35.2 Å². The smallest absolute Gasteiger partial charge is 0.252 e. The molecule has 3 aromatic rings. The fourth-order valence-corrected chi connectivity index (χ4v) is 4.35. The summed E-state index contributed by atoms with van der Waals surface area (Å²) in [4.78, 5) is 30.3. The van der Waals surface area contributed by atoms with E-state index in [1.807, 2.05) is 37.4 Å². The zero-order valence-electron chi connectivity index (χ0n) is 19.5. The van der Waals surface area contributed by atoms with Gasteiger partial charge in [-0.1, -0.05) is 6.07 Å². The minimum Gasteiger partial charge on any atom is -0.354 e. The van der Waals surface area contributed by atoms with Crippen LogP contribution in [0.4, 0.5) is 5.95 Å². The lowest BCUT2D eigenvalue weighted by Gasteiger charge is -2.32. The second-order valence-corrected chi connectivity index (χ2v) is 9.35. The van der Waals surface area contributed by atoms with E-state index in [2.05, 4.69) is 37.4 Å². The molecule has 3 heterocycles. The fourth-order valence-electron chi connectivity index (χ4n) is 4.35. The van der Waals surface area contributed by atoms with Gasteiger partial charge in [0.1, 0.15) is 0 Å². The molecule has 1 aliphatic carbocycles. The first-order valence-corrected chi connectivity index (χ1v) is 12.0. The van der Waals surface area contributed by atoms with Gasteiger partial charge in [-0.25, -0.2) is 9.97 Å². The molecule has 33 heavy (non-hydrogen) atoms. The molecule has 0 atom stereocenters. The zero-order chi connectivity index (χ0) is 22.8. The lowest BCUT2D eigenvalue weighted by atomic mass is 10.1. The highest BCUT2D eigenvalue weighted by molar-refractivity contribution is 6.07. The number of anilines is 1. The van der Waals surface area contributed by atoms with Gasteiger partial charge < -0.3 is 25.4 Å². The van der Waals surface area contributed by atoms with E-state index in [0.717, 1.165) is 86.4 Å². The van der Waals surface area contributed by atoms with Crippen molar-refractivity contribution in [1.82, 2.24) is 30.1 Å². The molecule has 2 aliphatic rings. The van der Waals surface area contributed by atoms with Crippen LogP contribution < -0.4 is 10.6 Å². The number of piperazine rings is 1. The summed E-state index contributed by atoms with van der Waals surface area (Å²) in [6, 6.07) is 8.17. The van der Waals surface area contributed by atoms with Crippen LogP contribution in [0.5, 0.6) is 0 Å². The molecule has 5 rings (SSSR count). The number of aromatic amines is 1. The topological polar surface area (TPSA) is 89.2 Å². The summed E-state index contributed by atoms with van der Waals surface area (Å²) >= 11 is 0. The van der Waals surface area contributed by atoms with Crippen LogP contribution in [0.2, 0.25) is 0 Å². The van der Waals surface area contributed by atoms with Gasteiger partial charge in [-0.3, -0.25) is 4.79 Å². The fraction of sp³-hybridized carbons (Fsp3) is 0.480. The Labute approximate surface area is 194 Å². The van der Waals surface area contributed by atoms with Gasteiger partial charge in [0.05, 0.1) is 11.4 Å². The number of nitrogens with zero attached hydrogens (tertiary/aromatic N) is 4. The number of aromatic nitrogens is 3. The highest BCUT2D eigenvalue weighted by Gasteiger charge is 2.25. The summed E-state index contributed by atoms with van der Waals surface area (Å²) in [5.41, 5.74) is 4.39. The van der Waals surface area contributed by atoms with Gasteiger partial charge >= 0.3 is 0 Å². The molecule has 0 unspecified atom stereocenters. The molecular formula is C25H33N7O. The summed E-state index contributed by atoms with van der Waals surface area (Å²) in [7, 11) is 2.18. The highest BCUT2D eigenvalue weighted by atomic mass is 16.1. The summed E-state index contributed by atoms with van der Waals surface area (Å²) in [6.07, 6.45) is 5.07. The first-order valence-electron chi connectivity index (χ1n) is 12.0. The van der Waals surface area contributed by atoms with Gasteiger partial charge in [0.25, 0.3) is 5.91 Å². The molecule has 3 N–H and O–H groups in total. The number of carbonyl (C=O) groups is 1. The molecule has 1 amide bonds. The second-order valence-electron chi connectivity index (χ2n) is 9.35. The van der Waals surface area contributed by atoms with Crippen LogP contribution in [0.3, 0.4) is 0 Å². The minimum atomic E-state index is -0.00392. The Morgan fingerprint density at radius 1 is 1.21 bits per heavy atom. The quantitative estimate of drug-likeness (QED) is 0.460. The summed E-state index contributed by atoms with van der Waals surface area (Å²) in [6.45, 7) is 8.52. The normalized spacial score (nSPS) is 17.4. The SMILES string of the molecule is Cc1cnc(NCCCN2CCN(C)CC2)nc1-c1cc2c(C(=O)NC3CC3)cccc2[nH]1. The number of rotatable bonds is 8. The van der Waals surface area contributed by atoms with Crippen molar-refractivity contribution in [3.05, 3.63) is 41.6 Å². The van der Waals surface area contributed by atoms with Crippen LogP contribution in [-0.2, 0) is 0 Å². The minimum absolute atomic E-state index is 0.00392. The Morgan fingerprint density at radius 2 is 2.03 bits per heavy atom. The predicted octanol–water partition coefficient (Wildman–Crippen LogP) is 2.87. The van der Waals surface area contributed by atoms with E-state index < -0.39 is 0 Å². The molecule has 2 aromatic heterocycles. The molecule has 8 nitrogen and oxygen atoms in total. The predicted molar refractivity (Wildman–Crippen MR) is 132 cm³/mol. The lowest BCUT2D eigenvalue weighted by Crippen LogP contribution is -2.44. The maximum Gasteiger partial charge on any atom is 0.252 e. The molecule has 2 fully saturated rings. The first kappa shape index (κ1) is 21.9. The number of hydrogen-bond donors (Lipinski definition) is 3. The van der Waals surface area contributed by atoms with Gasteiger partial charge in [0.15, 0.2) is 0 Å². The molecule has 0 spiro atoms. The molecule has 1 saturated carbocycles. The molecular weight excluding hydrogens is 414 g/mol. The molecule has 1 aliphatic heterocycles. The standard InChI is InChI=1S/C25H33N7O/c1-17-16-27-25(26-9-4-10-32-13-11-31(2)12-14-32)30-23(17)22-15-20-19(5-3-6-21(20)29-22)24(33)28-18-7-8-18/h3,5-6,15-16,18,29H,4,7-14H2,1-2H3,(H,28,33)(H,26,27,30). The van der Waals surface area contributed by atoms with Gasteiger partial charge in [0.2, 0.25) is 5.95 Å². The van der Waals surface area contributed by atoms with E-state index in [0.29, 0.717) is 17.6 Å². The Hall–Kier alpha value is -2.97. The number of likely N-dealkylation sites (N-methyl/N-ethyl adjacent to an activating group) is 1. The van der Waals surface area contributed by atoms with Crippen molar-refractivity contribution in [3.63, 3.8) is 0 Å². The van der Waals surface area contributed by atoms with Crippen LogP contribution in [0, 0.1) is 6.92 Å². The number of hydrogen-bond acceptors (Lipinski definition) is 6. The maximum absolute atomic E-state index is 12.7. The van der Waals surface area contributed by atoms with E-state index >= 15 is 0 Å². The molecule has 1 saturated heterocycles. The van der Waals surface area contributed by atoms with Crippen LogP contribution in [0.25, 0.3) is 22.3 Å². The van der Waals surface area contributed by atoms with Crippen molar-refractivity contribution >= 4 is 22.8 Å². The van der Waals surface area contributed by atoms with Gasteiger partial charge in [-0.2, -0.15) is 0 Å². The molecule has 0 radical (unpaired) electrons. The van der Waals surface area contributed by atoms with E-state index in [1.165, 1.54) is 0 Å². The van der Waals surface area contributed by atoms with Crippen molar-refractivity contribution in [1.29, 1.82) is 0 Å². The number of H-pyrrole nitrogens is 1. The molecule has 8 heteroatoms. The Kier molecular flexibility index (Phi) is 6.28. The van der Waals surface area contributed by atoms with E-state index in [4.69, 9.17) is 4.98 Å². The van der Waals surface area contributed by atoms with Gasteiger partial charge in [-0.15, -0.1) is 0 Å². The molecule has 0 bridgehead atoms. The summed E-state index contributed by atoms with van der Waals surface area (Å²) < 4.78 is 0. The maximum atomic E-state index is 12.7. The van der Waals surface area contributed by atoms with Gasteiger partial charge in [0, 0.05) is 61.4 Å². The van der Waals surface area contributed by atoms with Crippen molar-refractivity contribution in [3.8, 4) is 11.4 Å². The van der Waals surface area contributed by atoms with E-state index in [1.54, 1.807) is 0 Å². The average Bonchev–Trinajstić information content (AvgIpc) is 3.52. The second kappa shape index (κ2) is 9.49. The Morgan fingerprint density at radius 3 is 2.82 bits per heavy atom. The number of amides is 1. The van der Waals surface area contributed by atoms with Crippen molar-refractivity contribution in [2.45, 2.75) is 32.2 Å². The number of aryl methyl sites for hydroxylation is 1. The number of fused-ring (bicyclic) bond motifs is 1. The van der Waals surface area contributed by atoms with E-state index in [-0.39, 0.29) is 5.91 Å². The lowest BCUT2D eigenvalue weighted by molar-refractivity contribution is 0.0952. The number of nitrogens with one attached hydrogen (secondary N) is 3. The van der Waals surface area contributed by atoms with Crippen LogP contribution in [0.15, 0.2) is 30.5 Å². The summed E-state index contributed by atoms with van der Waals surface area (Å²) in [5.74, 6) is 0.634. The highest BCUT2D eigenvalue weighted by Crippen LogP contribution is 2.28. The monoisotopic (exact) mass is 447 g/mol. The van der Waals surface area contributed by atoms with Crippen LogP contribution >= 0.6 is 0 Å². The first-order chi connectivity index (χ1) is 16.1. The number of carbonyl (C=O) groups excluding carboxylic acids is 1. The van der Waals surface area contributed by atoms with E-state index in [9.17, 15) is 4.79 Å². The Bertz CT molecular complexity index is 1130. The summed E-state index contributed by atoms with van der Waals surface area (Å²) in [5, 5.41) is 7.40. The van der Waals surface area contributed by atoms with Crippen molar-refractivity contribution in [2.75, 3.05) is 51.6 Å². The van der Waals surface area contributed by atoms with Gasteiger partial charge in [-0.05, 0) is 63.5 Å². The number of benzene rings is 1. The third-order valence-electron chi connectivity index (χ3n) is 6.58.